The van der Waals surface area contributed by atoms with E-state index in [1.807, 2.05) is 0 Å². The van der Waals surface area contributed by atoms with Gasteiger partial charge in [0.1, 0.15) is 12.4 Å². The van der Waals surface area contributed by atoms with Gasteiger partial charge in [-0.1, -0.05) is 12.8 Å². The second-order valence-electron chi connectivity index (χ2n) is 4.98. The number of carbonyl (C=O) groups is 1. The number of hydrogen-bond donors (Lipinski definition) is 2. The van der Waals surface area contributed by atoms with E-state index in [2.05, 4.69) is 10.4 Å². The third-order valence-electron chi connectivity index (χ3n) is 3.33. The van der Waals surface area contributed by atoms with Crippen LogP contribution in [0.25, 0.3) is 0 Å². The Morgan fingerprint density at radius 3 is 2.70 bits per heavy atom. The van der Waals surface area contributed by atoms with E-state index in [4.69, 9.17) is 0 Å². The number of halogens is 3. The van der Waals surface area contributed by atoms with Gasteiger partial charge >= 0.3 is 12.2 Å². The fraction of sp³-hybridized carbons (Fsp3) is 0.667. The van der Waals surface area contributed by atoms with E-state index in [0.29, 0.717) is 5.82 Å². The summed E-state index contributed by atoms with van der Waals surface area (Å²) in [5.41, 5.74) is 0.735. The number of nitrogens with zero attached hydrogens (tertiary/aromatic N) is 2. The van der Waals surface area contributed by atoms with Crippen LogP contribution >= 0.6 is 0 Å². The van der Waals surface area contributed by atoms with E-state index in [1.54, 1.807) is 23.1 Å². The molecule has 1 aromatic rings. The summed E-state index contributed by atoms with van der Waals surface area (Å²) < 4.78 is 37.8. The van der Waals surface area contributed by atoms with Gasteiger partial charge in [0, 0.05) is 5.56 Å². The van der Waals surface area contributed by atoms with E-state index in [-0.39, 0.29) is 6.04 Å². The molecule has 0 bridgehead atoms. The lowest BCUT2D eigenvalue weighted by Gasteiger charge is -2.16. The largest absolute Gasteiger partial charge is 0.405 e. The van der Waals surface area contributed by atoms with Crippen LogP contribution in [0.3, 0.4) is 0 Å². The molecule has 1 aromatic heterocycles. The number of urea groups is 1. The summed E-state index contributed by atoms with van der Waals surface area (Å²) in [6, 6.07) is -0.660. The molecule has 2 rings (SSSR count). The zero-order valence-corrected chi connectivity index (χ0v) is 11.1. The Kier molecular flexibility index (Phi) is 4.20. The lowest BCUT2D eigenvalue weighted by atomic mass is 10.2. The normalized spacial score (nSPS) is 16.4. The van der Waals surface area contributed by atoms with Crippen LogP contribution in [0.1, 0.15) is 37.3 Å². The number of rotatable bonds is 3. The molecule has 0 unspecified atom stereocenters. The first-order valence-electron chi connectivity index (χ1n) is 6.52. The Bertz CT molecular complexity index is 478. The fourth-order valence-electron chi connectivity index (χ4n) is 2.36. The Balaban J connectivity index is 2.01. The van der Waals surface area contributed by atoms with Crippen LogP contribution in [0.4, 0.5) is 23.8 Å². The molecule has 1 aliphatic carbocycles. The number of aromatic nitrogens is 2. The van der Waals surface area contributed by atoms with Gasteiger partial charge in [-0.15, -0.1) is 0 Å². The fourth-order valence-corrected chi connectivity index (χ4v) is 2.36. The molecule has 5 nitrogen and oxygen atoms in total. The maximum absolute atomic E-state index is 12.0. The van der Waals surface area contributed by atoms with Crippen molar-refractivity contribution in [2.75, 3.05) is 11.9 Å². The predicted octanol–water partition coefficient (Wildman–Crippen LogP) is 2.99. The Labute approximate surface area is 114 Å². The van der Waals surface area contributed by atoms with Crippen molar-refractivity contribution in [2.24, 2.45) is 0 Å². The summed E-state index contributed by atoms with van der Waals surface area (Å²) in [5, 5.41) is 8.46. The van der Waals surface area contributed by atoms with Gasteiger partial charge < -0.3 is 5.32 Å². The molecule has 0 spiro atoms. The highest BCUT2D eigenvalue weighted by molar-refractivity contribution is 5.89. The average Bonchev–Trinajstić information content (AvgIpc) is 2.97. The third-order valence-corrected chi connectivity index (χ3v) is 3.33. The highest BCUT2D eigenvalue weighted by Crippen LogP contribution is 2.32. The maximum Gasteiger partial charge on any atom is 0.405 e. The summed E-state index contributed by atoms with van der Waals surface area (Å²) in [4.78, 5) is 11.5. The van der Waals surface area contributed by atoms with Crippen LogP contribution in [0.2, 0.25) is 0 Å². The highest BCUT2D eigenvalue weighted by Gasteiger charge is 2.28. The maximum atomic E-state index is 12.0. The number of aryl methyl sites for hydroxylation is 1. The first-order valence-corrected chi connectivity index (χ1v) is 6.52. The summed E-state index contributed by atoms with van der Waals surface area (Å²) in [6.07, 6.45) is 1.34. The molecule has 0 atom stereocenters. The number of hydrogen-bond acceptors (Lipinski definition) is 2. The van der Waals surface area contributed by atoms with E-state index < -0.39 is 18.8 Å². The second-order valence-corrected chi connectivity index (χ2v) is 4.98. The molecular weight excluding hydrogens is 273 g/mol. The van der Waals surface area contributed by atoms with Crippen molar-refractivity contribution in [3.63, 3.8) is 0 Å². The number of nitrogens with one attached hydrogen (secondary N) is 2. The number of carbonyl (C=O) groups excluding carboxylic acids is 1. The van der Waals surface area contributed by atoms with Gasteiger partial charge in [0.15, 0.2) is 0 Å². The monoisotopic (exact) mass is 290 g/mol. The van der Waals surface area contributed by atoms with Crippen molar-refractivity contribution >= 4 is 11.8 Å². The van der Waals surface area contributed by atoms with Gasteiger partial charge in [0.25, 0.3) is 0 Å². The standard InChI is InChI=1S/C12H17F3N4O/c1-8-6-17-19(9-4-2-3-5-9)10(8)18-11(20)16-7-12(13,14)15/h6,9H,2-5,7H2,1H3,(H2,16,18,20). The van der Waals surface area contributed by atoms with Gasteiger partial charge in [-0.3, -0.25) is 5.32 Å². The summed E-state index contributed by atoms with van der Waals surface area (Å²) in [7, 11) is 0. The lowest BCUT2D eigenvalue weighted by molar-refractivity contribution is -0.122. The lowest BCUT2D eigenvalue weighted by Crippen LogP contribution is -2.37. The molecule has 0 saturated heterocycles. The molecule has 0 aromatic carbocycles. The van der Waals surface area contributed by atoms with Crippen molar-refractivity contribution in [3.05, 3.63) is 11.8 Å². The van der Waals surface area contributed by atoms with Crippen molar-refractivity contribution in [1.82, 2.24) is 15.1 Å². The minimum atomic E-state index is -4.42. The summed E-state index contributed by atoms with van der Waals surface area (Å²) in [6.45, 7) is 0.410. The summed E-state index contributed by atoms with van der Waals surface area (Å²) >= 11 is 0. The summed E-state index contributed by atoms with van der Waals surface area (Å²) in [5.74, 6) is 0.469. The Morgan fingerprint density at radius 2 is 2.10 bits per heavy atom. The highest BCUT2D eigenvalue weighted by atomic mass is 19.4. The smallest absolute Gasteiger partial charge is 0.329 e. The third kappa shape index (κ3) is 3.64. The van der Waals surface area contributed by atoms with Crippen LogP contribution in [-0.2, 0) is 0 Å². The molecule has 2 N–H and O–H groups in total. The van der Waals surface area contributed by atoms with E-state index >= 15 is 0 Å². The molecule has 1 fully saturated rings. The van der Waals surface area contributed by atoms with Gasteiger partial charge in [0.05, 0.1) is 12.2 Å². The molecular formula is C12H17F3N4O. The van der Waals surface area contributed by atoms with Crippen LogP contribution in [-0.4, -0.2) is 28.5 Å². The van der Waals surface area contributed by atoms with Crippen molar-refractivity contribution < 1.29 is 18.0 Å². The molecule has 1 saturated carbocycles. The molecule has 1 aliphatic rings. The van der Waals surface area contributed by atoms with Gasteiger partial charge in [-0.25, -0.2) is 9.48 Å². The molecule has 112 valence electrons. The van der Waals surface area contributed by atoms with E-state index in [1.165, 1.54) is 0 Å². The quantitative estimate of drug-likeness (QED) is 0.899. The van der Waals surface area contributed by atoms with Gasteiger partial charge in [-0.05, 0) is 19.8 Å². The Morgan fingerprint density at radius 1 is 1.45 bits per heavy atom. The van der Waals surface area contributed by atoms with E-state index in [0.717, 1.165) is 31.2 Å². The van der Waals surface area contributed by atoms with Crippen molar-refractivity contribution in [1.29, 1.82) is 0 Å². The molecule has 1 heterocycles. The van der Waals surface area contributed by atoms with Crippen LogP contribution < -0.4 is 10.6 Å². The first kappa shape index (κ1) is 14.7. The van der Waals surface area contributed by atoms with Crippen LogP contribution in [0.5, 0.6) is 0 Å². The van der Waals surface area contributed by atoms with E-state index in [9.17, 15) is 18.0 Å². The zero-order valence-electron chi connectivity index (χ0n) is 11.1. The van der Waals surface area contributed by atoms with Crippen molar-refractivity contribution in [3.8, 4) is 0 Å². The number of amides is 2. The minimum absolute atomic E-state index is 0.210. The van der Waals surface area contributed by atoms with Crippen LogP contribution in [0, 0.1) is 6.92 Å². The minimum Gasteiger partial charge on any atom is -0.329 e. The molecule has 20 heavy (non-hydrogen) atoms. The first-order chi connectivity index (χ1) is 9.37. The molecule has 8 heteroatoms. The SMILES string of the molecule is Cc1cnn(C2CCCC2)c1NC(=O)NCC(F)(F)F. The predicted molar refractivity (Wildman–Crippen MR) is 67.5 cm³/mol. The van der Waals surface area contributed by atoms with Gasteiger partial charge in [0.2, 0.25) is 0 Å². The topological polar surface area (TPSA) is 59.0 Å². The average molecular weight is 290 g/mol. The Hall–Kier alpha value is -1.73. The number of anilines is 1. The van der Waals surface area contributed by atoms with Gasteiger partial charge in [-0.2, -0.15) is 18.3 Å². The molecule has 0 aliphatic heterocycles. The molecule has 0 radical (unpaired) electrons. The zero-order chi connectivity index (χ0) is 14.8. The van der Waals surface area contributed by atoms with Crippen LogP contribution in [0.15, 0.2) is 6.20 Å². The van der Waals surface area contributed by atoms with Crippen molar-refractivity contribution in [2.45, 2.75) is 44.8 Å². The second kappa shape index (κ2) is 5.72. The number of alkyl halides is 3. The molecule has 2 amide bonds.